The van der Waals surface area contributed by atoms with E-state index in [1.165, 1.54) is 6.08 Å². The number of rotatable bonds is 3. The Bertz CT molecular complexity index is 679. The minimum absolute atomic E-state index is 0.0474. The van der Waals surface area contributed by atoms with E-state index in [4.69, 9.17) is 9.47 Å². The molecule has 1 unspecified atom stereocenters. The van der Waals surface area contributed by atoms with E-state index < -0.39 is 36.1 Å². The molecular formula is C16H18F5N2O2P. The fourth-order valence-corrected chi connectivity index (χ4v) is 3.40. The number of halogens is 5. The van der Waals surface area contributed by atoms with Crippen molar-refractivity contribution in [3.8, 4) is 0 Å². The summed E-state index contributed by atoms with van der Waals surface area (Å²) in [6, 6.07) is 1.85. The molecule has 1 aromatic rings. The molecule has 1 fully saturated rings. The van der Waals surface area contributed by atoms with Crippen LogP contribution in [-0.4, -0.2) is 49.5 Å². The predicted octanol–water partition coefficient (Wildman–Crippen LogP) is 2.93. The van der Waals surface area contributed by atoms with Crippen molar-refractivity contribution in [3.05, 3.63) is 47.2 Å². The van der Waals surface area contributed by atoms with Crippen LogP contribution in [0.4, 0.5) is 22.0 Å². The van der Waals surface area contributed by atoms with Crippen molar-refractivity contribution < 1.29 is 31.4 Å². The van der Waals surface area contributed by atoms with Gasteiger partial charge in [0.05, 0.1) is 19.3 Å². The van der Waals surface area contributed by atoms with Gasteiger partial charge in [-0.05, 0) is 24.3 Å². The van der Waals surface area contributed by atoms with E-state index in [0.29, 0.717) is 26.3 Å². The SMILES string of the molecule is Fc1ccc(F)c([C@H]2O[C@H](C(F)(F)F)C(N3CCOCC3)=C[C@@H]2NP)c1. The van der Waals surface area contributed by atoms with Crippen LogP contribution >= 0.6 is 9.39 Å². The van der Waals surface area contributed by atoms with Crippen LogP contribution in [0.25, 0.3) is 0 Å². The van der Waals surface area contributed by atoms with Crippen LogP contribution in [0.15, 0.2) is 30.0 Å². The van der Waals surface area contributed by atoms with E-state index in [1.807, 2.05) is 0 Å². The molecule has 10 heteroatoms. The van der Waals surface area contributed by atoms with Gasteiger partial charge in [0, 0.05) is 24.4 Å². The molecule has 4 nitrogen and oxygen atoms in total. The summed E-state index contributed by atoms with van der Waals surface area (Å²) in [6.07, 6.45) is -6.89. The van der Waals surface area contributed by atoms with Crippen molar-refractivity contribution in [2.75, 3.05) is 26.3 Å². The molecule has 0 spiro atoms. The van der Waals surface area contributed by atoms with E-state index in [-0.39, 0.29) is 11.3 Å². The number of hydrogen-bond acceptors (Lipinski definition) is 4. The smallest absolute Gasteiger partial charge is 0.378 e. The molecule has 2 aliphatic heterocycles. The first-order valence-electron chi connectivity index (χ1n) is 7.99. The molecular weight excluding hydrogens is 378 g/mol. The van der Waals surface area contributed by atoms with Crippen molar-refractivity contribution >= 4 is 9.39 Å². The summed E-state index contributed by atoms with van der Waals surface area (Å²) in [4.78, 5) is 1.55. The van der Waals surface area contributed by atoms with Crippen molar-refractivity contribution in [2.24, 2.45) is 0 Å². The predicted molar refractivity (Wildman–Crippen MR) is 87.1 cm³/mol. The fraction of sp³-hybridized carbons (Fsp3) is 0.500. The molecule has 2 aliphatic rings. The lowest BCUT2D eigenvalue weighted by molar-refractivity contribution is -0.233. The first-order chi connectivity index (χ1) is 12.3. The Labute approximate surface area is 149 Å². The summed E-state index contributed by atoms with van der Waals surface area (Å²) >= 11 is 0. The first-order valence-corrected chi connectivity index (χ1v) is 8.56. The molecule has 1 N–H and O–H groups in total. The van der Waals surface area contributed by atoms with Crippen molar-refractivity contribution in [2.45, 2.75) is 24.4 Å². The standard InChI is InChI=1S/C16H18F5N2O2P/c17-9-1-2-11(18)10(7-9)14-12(22-26)8-13(15(25-14)16(19,20)21)23-3-5-24-6-4-23/h1-2,7-8,12,14-15,22H,3-6,26H2/t12-,14+,15-/m0/s1. The van der Waals surface area contributed by atoms with Gasteiger partial charge in [0.15, 0.2) is 6.10 Å². The minimum Gasteiger partial charge on any atom is -0.378 e. The number of benzene rings is 1. The van der Waals surface area contributed by atoms with Gasteiger partial charge >= 0.3 is 6.18 Å². The second-order valence-electron chi connectivity index (χ2n) is 6.03. The largest absolute Gasteiger partial charge is 0.420 e. The van der Waals surface area contributed by atoms with Crippen LogP contribution < -0.4 is 5.09 Å². The van der Waals surface area contributed by atoms with E-state index in [2.05, 4.69) is 14.5 Å². The lowest BCUT2D eigenvalue weighted by atomic mass is 9.96. The van der Waals surface area contributed by atoms with Crippen molar-refractivity contribution in [3.63, 3.8) is 0 Å². The molecule has 0 bridgehead atoms. The highest BCUT2D eigenvalue weighted by Crippen LogP contribution is 2.40. The topological polar surface area (TPSA) is 33.7 Å². The first kappa shape index (κ1) is 19.5. The number of hydrogen-bond donors (Lipinski definition) is 1. The van der Waals surface area contributed by atoms with Crippen LogP contribution in [0.2, 0.25) is 0 Å². The molecule has 3 rings (SSSR count). The maximum absolute atomic E-state index is 14.1. The summed E-state index contributed by atoms with van der Waals surface area (Å²) < 4.78 is 79.0. The third kappa shape index (κ3) is 4.01. The van der Waals surface area contributed by atoms with E-state index >= 15 is 0 Å². The van der Waals surface area contributed by atoms with Crippen LogP contribution in [0, 0.1) is 11.6 Å². The summed E-state index contributed by atoms with van der Waals surface area (Å²) in [5.41, 5.74) is -0.315. The average Bonchev–Trinajstić information content (AvgIpc) is 2.62. The Kier molecular flexibility index (Phi) is 5.81. The molecule has 4 atom stereocenters. The van der Waals surface area contributed by atoms with Crippen molar-refractivity contribution in [1.82, 2.24) is 9.99 Å². The van der Waals surface area contributed by atoms with Crippen molar-refractivity contribution in [1.29, 1.82) is 0 Å². The number of ether oxygens (including phenoxy) is 2. The molecule has 0 aromatic heterocycles. The summed E-state index contributed by atoms with van der Waals surface area (Å²) in [5, 5.41) is 2.74. The van der Waals surface area contributed by atoms with E-state index in [1.54, 1.807) is 4.90 Å². The zero-order chi connectivity index (χ0) is 18.9. The molecule has 1 aromatic carbocycles. The van der Waals surface area contributed by atoms with Gasteiger partial charge in [-0.1, -0.05) is 9.39 Å². The quantitative estimate of drug-likeness (QED) is 0.630. The zero-order valence-corrected chi connectivity index (χ0v) is 14.8. The zero-order valence-electron chi connectivity index (χ0n) is 13.6. The summed E-state index contributed by atoms with van der Waals surface area (Å²) in [5.74, 6) is -1.58. The highest BCUT2D eigenvalue weighted by atomic mass is 31.0. The van der Waals surface area contributed by atoms with Gasteiger partial charge < -0.3 is 14.4 Å². The summed E-state index contributed by atoms with van der Waals surface area (Å²) in [7, 11) is 2.18. The number of morpholine rings is 1. The second kappa shape index (κ2) is 7.76. The van der Waals surface area contributed by atoms with E-state index in [9.17, 15) is 22.0 Å². The maximum atomic E-state index is 14.1. The monoisotopic (exact) mass is 396 g/mol. The molecule has 26 heavy (non-hydrogen) atoms. The fourth-order valence-electron chi connectivity index (χ4n) is 3.13. The van der Waals surface area contributed by atoms with Gasteiger partial charge in [-0.3, -0.25) is 5.09 Å². The maximum Gasteiger partial charge on any atom is 0.420 e. The molecule has 1 saturated heterocycles. The van der Waals surface area contributed by atoms with Gasteiger partial charge in [0.1, 0.15) is 17.7 Å². The third-order valence-electron chi connectivity index (χ3n) is 4.36. The molecule has 144 valence electrons. The molecule has 0 radical (unpaired) electrons. The van der Waals surface area contributed by atoms with Crippen LogP contribution in [0.1, 0.15) is 11.7 Å². The van der Waals surface area contributed by atoms with Gasteiger partial charge in [0.25, 0.3) is 0 Å². The normalized spacial score (nSPS) is 27.4. The minimum atomic E-state index is -4.70. The Morgan fingerprint density at radius 1 is 1.15 bits per heavy atom. The molecule has 0 amide bonds. The Hall–Kier alpha value is -1.28. The molecule has 0 aliphatic carbocycles. The number of nitrogens with one attached hydrogen (secondary N) is 1. The summed E-state index contributed by atoms with van der Waals surface area (Å²) in [6.45, 7) is 1.21. The average molecular weight is 396 g/mol. The highest BCUT2D eigenvalue weighted by Gasteiger charge is 2.50. The van der Waals surface area contributed by atoms with Gasteiger partial charge in [-0.2, -0.15) is 13.2 Å². The van der Waals surface area contributed by atoms with Gasteiger partial charge in [0.2, 0.25) is 0 Å². The third-order valence-corrected chi connectivity index (χ3v) is 4.74. The Morgan fingerprint density at radius 2 is 1.85 bits per heavy atom. The van der Waals surface area contributed by atoms with Gasteiger partial charge in [-0.15, -0.1) is 0 Å². The Morgan fingerprint density at radius 3 is 2.46 bits per heavy atom. The van der Waals surface area contributed by atoms with Crippen LogP contribution in [-0.2, 0) is 9.47 Å². The highest BCUT2D eigenvalue weighted by molar-refractivity contribution is 7.13. The lowest BCUT2D eigenvalue weighted by Crippen LogP contribution is -2.50. The molecule has 2 heterocycles. The number of nitrogens with zero attached hydrogens (tertiary/aromatic N) is 1. The van der Waals surface area contributed by atoms with Crippen LogP contribution in [0.3, 0.4) is 0 Å². The van der Waals surface area contributed by atoms with Crippen LogP contribution in [0.5, 0.6) is 0 Å². The second-order valence-corrected chi connectivity index (χ2v) is 6.36. The number of alkyl halides is 3. The Balaban J connectivity index is 2.01. The van der Waals surface area contributed by atoms with Gasteiger partial charge in [-0.25, -0.2) is 8.78 Å². The van der Waals surface area contributed by atoms with E-state index in [0.717, 1.165) is 18.2 Å². The molecule has 0 saturated carbocycles. The lowest BCUT2D eigenvalue weighted by Gasteiger charge is -2.42.